The summed E-state index contributed by atoms with van der Waals surface area (Å²) in [5, 5.41) is 6.64. The molecule has 0 unspecified atom stereocenters. The van der Waals surface area contributed by atoms with E-state index in [1.54, 1.807) is 12.1 Å². The number of rotatable bonds is 6. The summed E-state index contributed by atoms with van der Waals surface area (Å²) in [6.45, 7) is 4.64. The van der Waals surface area contributed by atoms with Crippen LogP contribution in [0, 0.1) is 19.7 Å². The lowest BCUT2D eigenvalue weighted by Gasteiger charge is -2.11. The van der Waals surface area contributed by atoms with Crippen LogP contribution in [0.3, 0.4) is 0 Å². The van der Waals surface area contributed by atoms with Crippen LogP contribution in [0.15, 0.2) is 54.6 Å². The zero-order valence-electron chi connectivity index (χ0n) is 14.4. The molecule has 0 amide bonds. The summed E-state index contributed by atoms with van der Waals surface area (Å²) in [7, 11) is 0. The standard InChI is InChI=1S/C20H21FN4/c1-14-5-3-4-6-18(14)25-20-13-19(23-15(2)24-20)22-12-11-16-7-9-17(21)10-8-16/h3-10,13H,11-12H2,1-2H3,(H2,22,23,24,25). The van der Waals surface area contributed by atoms with Crippen LogP contribution < -0.4 is 10.6 Å². The molecule has 0 radical (unpaired) electrons. The molecule has 1 heterocycles. The Morgan fingerprint density at radius 1 is 0.920 bits per heavy atom. The summed E-state index contributed by atoms with van der Waals surface area (Å²) in [6, 6.07) is 16.5. The molecule has 0 fully saturated rings. The topological polar surface area (TPSA) is 49.8 Å². The van der Waals surface area contributed by atoms with E-state index in [0.717, 1.165) is 34.9 Å². The second kappa shape index (κ2) is 7.75. The minimum absolute atomic E-state index is 0.213. The molecule has 1 aromatic heterocycles. The fourth-order valence-electron chi connectivity index (χ4n) is 2.56. The largest absolute Gasteiger partial charge is 0.370 e. The van der Waals surface area contributed by atoms with Crippen LogP contribution in [0.1, 0.15) is 17.0 Å². The average Bonchev–Trinajstić information content (AvgIpc) is 2.58. The first-order valence-electron chi connectivity index (χ1n) is 8.27. The summed E-state index contributed by atoms with van der Waals surface area (Å²) in [6.07, 6.45) is 0.796. The first kappa shape index (κ1) is 16.9. The molecule has 0 aliphatic heterocycles. The number of benzene rings is 2. The van der Waals surface area contributed by atoms with E-state index < -0.39 is 0 Å². The predicted octanol–water partition coefficient (Wildman–Crippen LogP) is 4.63. The average molecular weight is 336 g/mol. The zero-order valence-corrected chi connectivity index (χ0v) is 14.4. The van der Waals surface area contributed by atoms with Crippen LogP contribution >= 0.6 is 0 Å². The van der Waals surface area contributed by atoms with E-state index in [9.17, 15) is 4.39 Å². The van der Waals surface area contributed by atoms with Gasteiger partial charge < -0.3 is 10.6 Å². The first-order chi connectivity index (χ1) is 12.1. The fraction of sp³-hybridized carbons (Fsp3) is 0.200. The number of hydrogen-bond donors (Lipinski definition) is 2. The highest BCUT2D eigenvalue weighted by molar-refractivity contribution is 5.62. The molecule has 2 N–H and O–H groups in total. The number of nitrogens with one attached hydrogen (secondary N) is 2. The number of aryl methyl sites for hydroxylation is 2. The molecule has 0 saturated heterocycles. The van der Waals surface area contributed by atoms with Crippen molar-refractivity contribution in [3.63, 3.8) is 0 Å². The Morgan fingerprint density at radius 3 is 2.40 bits per heavy atom. The van der Waals surface area contributed by atoms with E-state index >= 15 is 0 Å². The van der Waals surface area contributed by atoms with Gasteiger partial charge in [0.05, 0.1) is 0 Å². The molecule has 128 valence electrons. The summed E-state index contributed by atoms with van der Waals surface area (Å²) >= 11 is 0. The van der Waals surface area contributed by atoms with Crippen molar-refractivity contribution in [2.45, 2.75) is 20.3 Å². The Bertz CT molecular complexity index is 847. The SMILES string of the molecule is Cc1nc(NCCc2ccc(F)cc2)cc(Nc2ccccc2C)n1. The van der Waals surface area contributed by atoms with Crippen LogP contribution in [0.4, 0.5) is 21.7 Å². The lowest BCUT2D eigenvalue weighted by molar-refractivity contribution is 0.627. The van der Waals surface area contributed by atoms with Gasteiger partial charge in [-0.15, -0.1) is 0 Å². The number of aromatic nitrogens is 2. The monoisotopic (exact) mass is 336 g/mol. The van der Waals surface area contributed by atoms with Crippen LogP contribution in [-0.4, -0.2) is 16.5 Å². The lowest BCUT2D eigenvalue weighted by Crippen LogP contribution is -2.08. The van der Waals surface area contributed by atoms with Gasteiger partial charge in [-0.05, 0) is 49.6 Å². The van der Waals surface area contributed by atoms with Crippen LogP contribution in [0.2, 0.25) is 0 Å². The van der Waals surface area contributed by atoms with Gasteiger partial charge >= 0.3 is 0 Å². The Morgan fingerprint density at radius 2 is 1.64 bits per heavy atom. The molecule has 2 aromatic carbocycles. The molecule has 0 aliphatic carbocycles. The molecule has 4 nitrogen and oxygen atoms in total. The molecule has 0 saturated carbocycles. The number of para-hydroxylation sites is 1. The van der Waals surface area contributed by atoms with Crippen molar-refractivity contribution in [3.05, 3.63) is 77.4 Å². The normalized spacial score (nSPS) is 10.5. The molecule has 3 rings (SSSR count). The smallest absolute Gasteiger partial charge is 0.136 e. The molecule has 5 heteroatoms. The maximum atomic E-state index is 12.9. The predicted molar refractivity (Wildman–Crippen MR) is 99.8 cm³/mol. The molecular formula is C20H21FN4. The minimum atomic E-state index is -0.213. The maximum absolute atomic E-state index is 12.9. The van der Waals surface area contributed by atoms with E-state index in [4.69, 9.17) is 0 Å². The van der Waals surface area contributed by atoms with Crippen molar-refractivity contribution in [1.82, 2.24) is 9.97 Å². The second-order valence-electron chi connectivity index (χ2n) is 5.93. The molecule has 0 bridgehead atoms. The van der Waals surface area contributed by atoms with Crippen molar-refractivity contribution in [3.8, 4) is 0 Å². The third-order valence-electron chi connectivity index (χ3n) is 3.88. The maximum Gasteiger partial charge on any atom is 0.136 e. The van der Waals surface area contributed by atoms with Crippen molar-refractivity contribution < 1.29 is 4.39 Å². The summed E-state index contributed by atoms with van der Waals surface area (Å²) in [5.41, 5.74) is 3.26. The van der Waals surface area contributed by atoms with E-state index in [-0.39, 0.29) is 5.82 Å². The Balaban J connectivity index is 1.65. The summed E-state index contributed by atoms with van der Waals surface area (Å²) < 4.78 is 12.9. The van der Waals surface area contributed by atoms with Gasteiger partial charge in [0.25, 0.3) is 0 Å². The third kappa shape index (κ3) is 4.76. The van der Waals surface area contributed by atoms with Crippen LogP contribution in [0.5, 0.6) is 0 Å². The molecule has 0 aliphatic rings. The number of hydrogen-bond acceptors (Lipinski definition) is 4. The quantitative estimate of drug-likeness (QED) is 0.689. The van der Waals surface area contributed by atoms with E-state index in [1.165, 1.54) is 12.1 Å². The Kier molecular flexibility index (Phi) is 5.23. The first-order valence-corrected chi connectivity index (χ1v) is 8.27. The summed E-state index contributed by atoms with van der Waals surface area (Å²) in [5.74, 6) is 2.01. The van der Waals surface area contributed by atoms with E-state index in [0.29, 0.717) is 12.4 Å². The number of anilines is 3. The minimum Gasteiger partial charge on any atom is -0.370 e. The van der Waals surface area contributed by atoms with Gasteiger partial charge in [0.15, 0.2) is 0 Å². The van der Waals surface area contributed by atoms with Crippen molar-refractivity contribution >= 4 is 17.3 Å². The highest BCUT2D eigenvalue weighted by atomic mass is 19.1. The molecular weight excluding hydrogens is 315 g/mol. The van der Waals surface area contributed by atoms with Gasteiger partial charge in [0.1, 0.15) is 23.3 Å². The van der Waals surface area contributed by atoms with E-state index in [1.807, 2.05) is 31.2 Å². The third-order valence-corrected chi connectivity index (χ3v) is 3.88. The van der Waals surface area contributed by atoms with Crippen LogP contribution in [0.25, 0.3) is 0 Å². The van der Waals surface area contributed by atoms with Crippen LogP contribution in [-0.2, 0) is 6.42 Å². The van der Waals surface area contributed by atoms with E-state index in [2.05, 4.69) is 33.6 Å². The molecule has 3 aromatic rings. The second-order valence-corrected chi connectivity index (χ2v) is 5.93. The fourth-order valence-corrected chi connectivity index (χ4v) is 2.56. The Labute approximate surface area is 147 Å². The van der Waals surface area contributed by atoms with Gasteiger partial charge in [0, 0.05) is 18.3 Å². The van der Waals surface area contributed by atoms with Crippen molar-refractivity contribution in [2.75, 3.05) is 17.2 Å². The molecule has 0 spiro atoms. The zero-order chi connectivity index (χ0) is 17.6. The highest BCUT2D eigenvalue weighted by Gasteiger charge is 2.04. The molecule has 25 heavy (non-hydrogen) atoms. The van der Waals surface area contributed by atoms with Gasteiger partial charge in [-0.2, -0.15) is 0 Å². The van der Waals surface area contributed by atoms with Gasteiger partial charge in [-0.25, -0.2) is 14.4 Å². The number of nitrogens with zero attached hydrogens (tertiary/aromatic N) is 2. The van der Waals surface area contributed by atoms with Gasteiger partial charge in [-0.1, -0.05) is 30.3 Å². The number of halogens is 1. The van der Waals surface area contributed by atoms with Gasteiger partial charge in [-0.3, -0.25) is 0 Å². The van der Waals surface area contributed by atoms with Crippen molar-refractivity contribution in [2.24, 2.45) is 0 Å². The van der Waals surface area contributed by atoms with Gasteiger partial charge in [0.2, 0.25) is 0 Å². The molecule has 0 atom stereocenters. The summed E-state index contributed by atoms with van der Waals surface area (Å²) in [4.78, 5) is 8.86. The Hall–Kier alpha value is -2.95. The lowest BCUT2D eigenvalue weighted by atomic mass is 10.1. The van der Waals surface area contributed by atoms with Crippen molar-refractivity contribution in [1.29, 1.82) is 0 Å². The highest BCUT2D eigenvalue weighted by Crippen LogP contribution is 2.20.